The predicted octanol–water partition coefficient (Wildman–Crippen LogP) is 4.95. The molecule has 0 spiro atoms. The third-order valence-electron chi connectivity index (χ3n) is 3.13. The molecule has 0 saturated heterocycles. The zero-order valence-corrected chi connectivity index (χ0v) is 15.1. The monoisotopic (exact) mass is 360 g/mol. The molecule has 0 atom stereocenters. The van der Waals surface area contributed by atoms with Crippen LogP contribution in [0.3, 0.4) is 0 Å². The number of allylic oxidation sites excluding steroid dienone is 2. The van der Waals surface area contributed by atoms with Crippen LogP contribution in [0.15, 0.2) is 54.6 Å². The Morgan fingerprint density at radius 2 is 1.72 bits per heavy atom. The van der Waals surface area contributed by atoms with E-state index in [0.29, 0.717) is 21.9 Å². The quantitative estimate of drug-likeness (QED) is 0.383. The molecule has 132 valence electrons. The molecule has 3 aromatic rings. The van der Waals surface area contributed by atoms with Gasteiger partial charge in [0, 0.05) is 22.7 Å². The molecular formula is C18H21ClN4O2. The lowest BCUT2D eigenvalue weighted by molar-refractivity contribution is -0.384. The molecule has 3 N–H and O–H groups in total. The molecule has 0 saturated carbocycles. The lowest BCUT2D eigenvalue weighted by Crippen LogP contribution is -1.86. The molecule has 1 aromatic heterocycles. The van der Waals surface area contributed by atoms with Crippen molar-refractivity contribution in [2.75, 3.05) is 7.05 Å². The van der Waals surface area contributed by atoms with Crippen LogP contribution in [0.2, 0.25) is 5.02 Å². The summed E-state index contributed by atoms with van der Waals surface area (Å²) in [6, 6.07) is 11.8. The molecule has 3 rings (SSSR count). The normalized spacial score (nSPS) is 9.96. The molecule has 0 bridgehead atoms. The van der Waals surface area contributed by atoms with E-state index in [4.69, 9.17) is 11.6 Å². The number of imidazole rings is 1. The minimum absolute atomic E-state index is 0.0406. The molecule has 6 nitrogen and oxygen atoms in total. The maximum Gasteiger partial charge on any atom is 0.271 e. The number of hydrogen-bond donors (Lipinski definition) is 2. The zero-order valence-electron chi connectivity index (χ0n) is 14.4. The van der Waals surface area contributed by atoms with E-state index in [9.17, 15) is 10.1 Å². The number of nitro groups is 1. The summed E-state index contributed by atoms with van der Waals surface area (Å²) in [5, 5.41) is 11.4. The van der Waals surface area contributed by atoms with E-state index in [0.717, 1.165) is 5.56 Å². The Morgan fingerprint density at radius 1 is 1.12 bits per heavy atom. The zero-order chi connectivity index (χ0) is 18.8. The number of benzene rings is 2. The molecule has 25 heavy (non-hydrogen) atoms. The lowest BCUT2D eigenvalue weighted by Gasteiger charge is -1.95. The number of non-ortho nitro benzene ring substituents is 1. The van der Waals surface area contributed by atoms with Crippen LogP contribution in [-0.4, -0.2) is 21.9 Å². The fourth-order valence-electron chi connectivity index (χ4n) is 1.86. The van der Waals surface area contributed by atoms with Crippen molar-refractivity contribution in [2.45, 2.75) is 13.8 Å². The van der Waals surface area contributed by atoms with Gasteiger partial charge >= 0.3 is 0 Å². The van der Waals surface area contributed by atoms with Gasteiger partial charge in [-0.15, -0.1) is 0 Å². The summed E-state index contributed by atoms with van der Waals surface area (Å²) in [5.41, 5.74) is 6.75. The summed E-state index contributed by atoms with van der Waals surface area (Å²) in [7, 11) is 1.50. The topological polar surface area (TPSA) is 97.8 Å². The van der Waals surface area contributed by atoms with Gasteiger partial charge in [-0.2, -0.15) is 0 Å². The molecule has 0 aliphatic rings. The van der Waals surface area contributed by atoms with Gasteiger partial charge in [-0.05, 0) is 51.2 Å². The minimum atomic E-state index is -0.428. The Morgan fingerprint density at radius 3 is 2.24 bits per heavy atom. The number of nitrogens with one attached hydrogen (secondary N) is 1. The van der Waals surface area contributed by atoms with E-state index in [1.54, 1.807) is 18.2 Å². The Bertz CT molecular complexity index is 838. The number of hydrogen-bond acceptors (Lipinski definition) is 4. The van der Waals surface area contributed by atoms with Crippen molar-refractivity contribution in [1.82, 2.24) is 9.97 Å². The molecule has 0 radical (unpaired) electrons. The number of nitro benzene ring substituents is 1. The van der Waals surface area contributed by atoms with E-state index >= 15 is 0 Å². The maximum absolute atomic E-state index is 10.7. The third-order valence-corrected chi connectivity index (χ3v) is 3.38. The fraction of sp³-hybridized carbons (Fsp3) is 0.167. The first-order valence-corrected chi connectivity index (χ1v) is 7.98. The Hall–Kier alpha value is -2.70. The van der Waals surface area contributed by atoms with E-state index in [-0.39, 0.29) is 5.69 Å². The first kappa shape index (κ1) is 20.3. The largest absolute Gasteiger partial charge is 0.338 e. The van der Waals surface area contributed by atoms with Crippen LogP contribution in [0.4, 0.5) is 5.69 Å². The van der Waals surface area contributed by atoms with E-state index in [1.165, 1.54) is 19.2 Å². The SMILES string of the molecule is CC=CC.CN.O=[N+]([O-])c1ccc2nc(-c3ccc(Cl)cc3)[nH]c2c1. The highest BCUT2D eigenvalue weighted by atomic mass is 35.5. The van der Waals surface area contributed by atoms with Gasteiger partial charge in [-0.25, -0.2) is 4.98 Å². The van der Waals surface area contributed by atoms with Crippen LogP contribution in [0.25, 0.3) is 22.4 Å². The number of H-pyrrole nitrogens is 1. The van der Waals surface area contributed by atoms with Gasteiger partial charge in [-0.3, -0.25) is 10.1 Å². The summed E-state index contributed by atoms with van der Waals surface area (Å²) in [6.07, 6.45) is 4.00. The van der Waals surface area contributed by atoms with E-state index in [2.05, 4.69) is 15.7 Å². The molecule has 0 unspecified atom stereocenters. The highest BCUT2D eigenvalue weighted by molar-refractivity contribution is 6.30. The minimum Gasteiger partial charge on any atom is -0.338 e. The number of nitrogens with zero attached hydrogens (tertiary/aromatic N) is 2. The summed E-state index contributed by atoms with van der Waals surface area (Å²) in [5.74, 6) is 0.659. The van der Waals surface area contributed by atoms with Gasteiger partial charge in [-0.1, -0.05) is 23.8 Å². The van der Waals surface area contributed by atoms with Gasteiger partial charge in [0.15, 0.2) is 0 Å². The van der Waals surface area contributed by atoms with Gasteiger partial charge in [0.2, 0.25) is 0 Å². The van der Waals surface area contributed by atoms with Gasteiger partial charge in [0.25, 0.3) is 5.69 Å². The van der Waals surface area contributed by atoms with Crippen LogP contribution in [-0.2, 0) is 0 Å². The second-order valence-corrected chi connectivity index (χ2v) is 5.15. The van der Waals surface area contributed by atoms with Crippen molar-refractivity contribution in [3.8, 4) is 11.4 Å². The predicted molar refractivity (Wildman–Crippen MR) is 104 cm³/mol. The molecule has 0 amide bonds. The number of aromatic nitrogens is 2. The van der Waals surface area contributed by atoms with Crippen molar-refractivity contribution in [3.63, 3.8) is 0 Å². The fourth-order valence-corrected chi connectivity index (χ4v) is 1.98. The standard InChI is InChI=1S/C13H8ClN3O2.C4H8.CH5N/c14-9-3-1-8(2-4-9)13-15-11-6-5-10(17(18)19)7-12(11)16-13;1-3-4-2;1-2/h1-7H,(H,15,16);3-4H,1-2H3;2H2,1H3. The Balaban J connectivity index is 0.000000461. The molecule has 0 aliphatic carbocycles. The third kappa shape index (κ3) is 5.70. The summed E-state index contributed by atoms with van der Waals surface area (Å²) >= 11 is 5.83. The average Bonchev–Trinajstić information content (AvgIpc) is 3.07. The van der Waals surface area contributed by atoms with Crippen LogP contribution < -0.4 is 5.73 Å². The summed E-state index contributed by atoms with van der Waals surface area (Å²) < 4.78 is 0. The molecule has 1 heterocycles. The first-order valence-electron chi connectivity index (χ1n) is 7.60. The Kier molecular flexibility index (Phi) is 8.32. The van der Waals surface area contributed by atoms with Crippen molar-refractivity contribution >= 4 is 28.3 Å². The van der Waals surface area contributed by atoms with Crippen LogP contribution in [0.1, 0.15) is 13.8 Å². The molecular weight excluding hydrogens is 340 g/mol. The molecule has 7 heteroatoms. The van der Waals surface area contributed by atoms with Crippen LogP contribution >= 0.6 is 11.6 Å². The van der Waals surface area contributed by atoms with Crippen molar-refractivity contribution in [2.24, 2.45) is 5.73 Å². The van der Waals surface area contributed by atoms with Crippen molar-refractivity contribution in [3.05, 3.63) is 69.8 Å². The average molecular weight is 361 g/mol. The number of halogens is 1. The van der Waals surface area contributed by atoms with Crippen molar-refractivity contribution < 1.29 is 4.92 Å². The second-order valence-electron chi connectivity index (χ2n) is 4.72. The van der Waals surface area contributed by atoms with Crippen LogP contribution in [0.5, 0.6) is 0 Å². The maximum atomic E-state index is 10.7. The molecule has 0 aliphatic heterocycles. The number of nitrogens with two attached hydrogens (primary N) is 1. The smallest absolute Gasteiger partial charge is 0.271 e. The number of rotatable bonds is 2. The number of aromatic amines is 1. The molecule has 0 fully saturated rings. The summed E-state index contributed by atoms with van der Waals surface area (Å²) in [6.45, 7) is 4.00. The number of fused-ring (bicyclic) bond motifs is 1. The van der Waals surface area contributed by atoms with E-state index in [1.807, 2.05) is 38.1 Å². The van der Waals surface area contributed by atoms with Gasteiger partial charge in [0.1, 0.15) is 5.82 Å². The van der Waals surface area contributed by atoms with Gasteiger partial charge in [0.05, 0.1) is 16.0 Å². The van der Waals surface area contributed by atoms with Crippen molar-refractivity contribution in [1.29, 1.82) is 0 Å². The summed E-state index contributed by atoms with van der Waals surface area (Å²) in [4.78, 5) is 17.7. The van der Waals surface area contributed by atoms with Crippen LogP contribution in [0, 0.1) is 10.1 Å². The lowest BCUT2D eigenvalue weighted by atomic mass is 10.2. The van der Waals surface area contributed by atoms with E-state index < -0.39 is 4.92 Å². The highest BCUT2D eigenvalue weighted by Crippen LogP contribution is 2.24. The highest BCUT2D eigenvalue weighted by Gasteiger charge is 2.10. The molecule has 2 aromatic carbocycles. The van der Waals surface area contributed by atoms with Gasteiger partial charge < -0.3 is 10.7 Å². The second kappa shape index (κ2) is 10.2. The Labute approximate surface area is 151 Å². The first-order chi connectivity index (χ1) is 12.0.